The van der Waals surface area contributed by atoms with Crippen molar-refractivity contribution in [1.82, 2.24) is 0 Å². The molecule has 0 amide bonds. The van der Waals surface area contributed by atoms with Gasteiger partial charge in [0.2, 0.25) is 0 Å². The van der Waals surface area contributed by atoms with Crippen LogP contribution in [-0.2, 0) is 6.54 Å². The fraction of sp³-hybridized carbons (Fsp3) is 0.333. The standard InChI is InChI=1S/C9H13NO/c1-6-3-7(2)8(5-10)9(11)4-6/h3-4,11H,5,10H2,1-2H3. The van der Waals surface area contributed by atoms with Gasteiger partial charge in [-0.15, -0.1) is 0 Å². The van der Waals surface area contributed by atoms with Crippen molar-refractivity contribution < 1.29 is 5.11 Å². The zero-order valence-electron chi connectivity index (χ0n) is 6.89. The van der Waals surface area contributed by atoms with Crippen molar-refractivity contribution in [3.63, 3.8) is 0 Å². The number of rotatable bonds is 1. The minimum atomic E-state index is 0.310. The third kappa shape index (κ3) is 1.52. The van der Waals surface area contributed by atoms with E-state index in [1.807, 2.05) is 19.9 Å². The lowest BCUT2D eigenvalue weighted by Crippen LogP contribution is -1.99. The van der Waals surface area contributed by atoms with Crippen molar-refractivity contribution in [3.05, 3.63) is 28.8 Å². The molecular formula is C9H13NO. The van der Waals surface area contributed by atoms with Gasteiger partial charge in [0.15, 0.2) is 0 Å². The molecule has 2 heteroatoms. The van der Waals surface area contributed by atoms with Crippen molar-refractivity contribution in [3.8, 4) is 5.75 Å². The van der Waals surface area contributed by atoms with E-state index in [0.717, 1.165) is 16.7 Å². The SMILES string of the molecule is Cc1cc(C)c(CN)c(O)c1. The first-order valence-electron chi connectivity index (χ1n) is 3.64. The molecule has 0 aromatic heterocycles. The van der Waals surface area contributed by atoms with E-state index in [-0.39, 0.29) is 0 Å². The van der Waals surface area contributed by atoms with Crippen LogP contribution >= 0.6 is 0 Å². The maximum absolute atomic E-state index is 9.39. The molecule has 0 bridgehead atoms. The summed E-state index contributed by atoms with van der Waals surface area (Å²) in [6.07, 6.45) is 0. The number of aromatic hydroxyl groups is 1. The van der Waals surface area contributed by atoms with Crippen molar-refractivity contribution in [2.75, 3.05) is 0 Å². The second-order valence-electron chi connectivity index (χ2n) is 2.78. The summed E-state index contributed by atoms with van der Waals surface area (Å²) in [6.45, 7) is 4.31. The smallest absolute Gasteiger partial charge is 0.120 e. The van der Waals surface area contributed by atoms with E-state index in [1.165, 1.54) is 0 Å². The average Bonchev–Trinajstić information content (AvgIpc) is 1.85. The van der Waals surface area contributed by atoms with Gasteiger partial charge in [0, 0.05) is 12.1 Å². The molecule has 2 nitrogen and oxygen atoms in total. The monoisotopic (exact) mass is 151 g/mol. The van der Waals surface area contributed by atoms with E-state index >= 15 is 0 Å². The van der Waals surface area contributed by atoms with Crippen LogP contribution in [0.15, 0.2) is 12.1 Å². The highest BCUT2D eigenvalue weighted by Crippen LogP contribution is 2.21. The number of phenolic OH excluding ortho intramolecular Hbond substituents is 1. The van der Waals surface area contributed by atoms with Gasteiger partial charge in [-0.2, -0.15) is 0 Å². The normalized spacial score (nSPS) is 10.1. The Balaban J connectivity index is 3.25. The van der Waals surface area contributed by atoms with Crippen molar-refractivity contribution in [2.24, 2.45) is 5.73 Å². The number of hydrogen-bond donors (Lipinski definition) is 2. The number of benzene rings is 1. The lowest BCUT2D eigenvalue weighted by Gasteiger charge is -2.06. The Labute approximate surface area is 66.7 Å². The minimum Gasteiger partial charge on any atom is -0.508 e. The van der Waals surface area contributed by atoms with Gasteiger partial charge < -0.3 is 10.8 Å². The summed E-state index contributed by atoms with van der Waals surface area (Å²) in [6, 6.07) is 3.75. The molecule has 0 fully saturated rings. The highest BCUT2D eigenvalue weighted by Gasteiger charge is 2.02. The maximum atomic E-state index is 9.39. The fourth-order valence-electron chi connectivity index (χ4n) is 1.24. The molecule has 11 heavy (non-hydrogen) atoms. The second kappa shape index (κ2) is 2.93. The molecule has 0 unspecified atom stereocenters. The van der Waals surface area contributed by atoms with Crippen LogP contribution in [0.5, 0.6) is 5.75 Å². The van der Waals surface area contributed by atoms with Crippen LogP contribution in [0.25, 0.3) is 0 Å². The van der Waals surface area contributed by atoms with E-state index in [4.69, 9.17) is 5.73 Å². The number of aryl methyl sites for hydroxylation is 2. The third-order valence-electron chi connectivity index (χ3n) is 1.80. The molecule has 0 spiro atoms. The zero-order valence-corrected chi connectivity index (χ0v) is 6.89. The summed E-state index contributed by atoms with van der Waals surface area (Å²) in [5.74, 6) is 0.310. The third-order valence-corrected chi connectivity index (χ3v) is 1.80. The van der Waals surface area contributed by atoms with Gasteiger partial charge in [0.25, 0.3) is 0 Å². The Morgan fingerprint density at radius 3 is 2.45 bits per heavy atom. The molecule has 3 N–H and O–H groups in total. The number of phenols is 1. The van der Waals surface area contributed by atoms with Crippen LogP contribution < -0.4 is 5.73 Å². The minimum absolute atomic E-state index is 0.310. The fourth-order valence-corrected chi connectivity index (χ4v) is 1.24. The second-order valence-corrected chi connectivity index (χ2v) is 2.78. The molecule has 0 saturated carbocycles. The van der Waals surface area contributed by atoms with Crippen LogP contribution in [0.4, 0.5) is 0 Å². The van der Waals surface area contributed by atoms with Crippen LogP contribution in [0.1, 0.15) is 16.7 Å². The Morgan fingerprint density at radius 1 is 1.36 bits per heavy atom. The Kier molecular flexibility index (Phi) is 2.15. The highest BCUT2D eigenvalue weighted by atomic mass is 16.3. The van der Waals surface area contributed by atoms with Crippen LogP contribution in [0, 0.1) is 13.8 Å². The quantitative estimate of drug-likeness (QED) is 0.638. The Bertz CT molecular complexity index is 245. The predicted molar refractivity (Wildman–Crippen MR) is 45.5 cm³/mol. The first kappa shape index (κ1) is 8.08. The molecule has 1 rings (SSSR count). The summed E-state index contributed by atoms with van der Waals surface area (Å²) >= 11 is 0. The van der Waals surface area contributed by atoms with Crippen molar-refractivity contribution >= 4 is 0 Å². The molecule has 1 aromatic rings. The summed E-state index contributed by atoms with van der Waals surface area (Å²) < 4.78 is 0. The van der Waals surface area contributed by atoms with E-state index in [1.54, 1.807) is 6.07 Å². The van der Waals surface area contributed by atoms with Gasteiger partial charge in [-0.05, 0) is 31.0 Å². The van der Waals surface area contributed by atoms with E-state index < -0.39 is 0 Å². The van der Waals surface area contributed by atoms with Gasteiger partial charge in [-0.3, -0.25) is 0 Å². The molecule has 0 saturated heterocycles. The largest absolute Gasteiger partial charge is 0.508 e. The van der Waals surface area contributed by atoms with Gasteiger partial charge in [-0.1, -0.05) is 6.07 Å². The van der Waals surface area contributed by atoms with Crippen LogP contribution in [0.2, 0.25) is 0 Å². The van der Waals surface area contributed by atoms with Gasteiger partial charge in [0.1, 0.15) is 5.75 Å². The molecule has 1 aromatic carbocycles. The molecule has 0 aliphatic rings. The first-order chi connectivity index (χ1) is 5.15. The summed E-state index contributed by atoms with van der Waals surface area (Å²) in [5.41, 5.74) is 8.41. The van der Waals surface area contributed by atoms with Gasteiger partial charge in [0.05, 0.1) is 0 Å². The van der Waals surface area contributed by atoms with Gasteiger partial charge in [-0.25, -0.2) is 0 Å². The summed E-state index contributed by atoms with van der Waals surface area (Å²) in [7, 11) is 0. The summed E-state index contributed by atoms with van der Waals surface area (Å²) in [4.78, 5) is 0. The Hall–Kier alpha value is -1.02. The summed E-state index contributed by atoms with van der Waals surface area (Å²) in [5, 5.41) is 9.39. The zero-order chi connectivity index (χ0) is 8.43. The molecule has 0 atom stereocenters. The lowest BCUT2D eigenvalue weighted by molar-refractivity contribution is 0.467. The molecule has 0 radical (unpaired) electrons. The van der Waals surface area contributed by atoms with Crippen LogP contribution in [0.3, 0.4) is 0 Å². The topological polar surface area (TPSA) is 46.2 Å². The van der Waals surface area contributed by atoms with Crippen molar-refractivity contribution in [1.29, 1.82) is 0 Å². The average molecular weight is 151 g/mol. The molecular weight excluding hydrogens is 138 g/mol. The number of hydrogen-bond acceptors (Lipinski definition) is 2. The number of nitrogens with two attached hydrogens (primary N) is 1. The van der Waals surface area contributed by atoms with Crippen molar-refractivity contribution in [2.45, 2.75) is 20.4 Å². The predicted octanol–water partition coefficient (Wildman–Crippen LogP) is 1.47. The molecule has 60 valence electrons. The maximum Gasteiger partial charge on any atom is 0.120 e. The van der Waals surface area contributed by atoms with Gasteiger partial charge >= 0.3 is 0 Å². The highest BCUT2D eigenvalue weighted by molar-refractivity contribution is 5.41. The Morgan fingerprint density at radius 2 is 2.00 bits per heavy atom. The van der Waals surface area contributed by atoms with Crippen LogP contribution in [-0.4, -0.2) is 5.11 Å². The molecule has 0 aliphatic heterocycles. The van der Waals surface area contributed by atoms with E-state index in [0.29, 0.717) is 12.3 Å². The molecule has 0 heterocycles. The van der Waals surface area contributed by atoms with E-state index in [9.17, 15) is 5.11 Å². The first-order valence-corrected chi connectivity index (χ1v) is 3.64. The lowest BCUT2D eigenvalue weighted by atomic mass is 10.0. The van der Waals surface area contributed by atoms with E-state index in [2.05, 4.69) is 0 Å². The molecule has 0 aliphatic carbocycles.